The molecule has 0 amide bonds. The minimum atomic E-state index is -5.30. The van der Waals surface area contributed by atoms with Crippen LogP contribution in [0.1, 0.15) is 73.1 Å². The van der Waals surface area contributed by atoms with Gasteiger partial charge in [0.1, 0.15) is 31.9 Å². The number of halogens is 1. The molecule has 4 unspecified atom stereocenters. The van der Waals surface area contributed by atoms with Crippen LogP contribution < -0.4 is 0 Å². The second kappa shape index (κ2) is 18.0. The van der Waals surface area contributed by atoms with Gasteiger partial charge in [0.25, 0.3) is 10.0 Å². The molecule has 0 bridgehead atoms. The molecule has 0 aliphatic heterocycles. The van der Waals surface area contributed by atoms with Gasteiger partial charge >= 0.3 is 10.4 Å². The Kier molecular flexibility index (Phi) is 14.8. The summed E-state index contributed by atoms with van der Waals surface area (Å²) in [6, 6.07) is 25.0. The molecule has 12 heteroatoms. The molecule has 0 aliphatic carbocycles. The summed E-state index contributed by atoms with van der Waals surface area (Å²) in [5, 5.41) is 10.2. The third kappa shape index (κ3) is 12.1. The van der Waals surface area contributed by atoms with Gasteiger partial charge in [-0.25, -0.2) is 0 Å². The molecule has 0 aliphatic rings. The van der Waals surface area contributed by atoms with E-state index < -0.39 is 20.4 Å². The third-order valence-electron chi connectivity index (χ3n) is 8.93. The number of benzene rings is 3. The molecule has 0 radical (unpaired) electrons. The Morgan fingerprint density at radius 3 is 1.90 bits per heavy atom. The molecule has 2 N–H and O–H groups in total. The van der Waals surface area contributed by atoms with Crippen molar-refractivity contribution in [3.63, 3.8) is 0 Å². The number of ether oxygens (including phenoxy) is 2. The van der Waals surface area contributed by atoms with Crippen molar-refractivity contribution in [1.29, 1.82) is 0 Å². The van der Waals surface area contributed by atoms with Gasteiger partial charge in [-0.1, -0.05) is 94.8 Å². The highest BCUT2D eigenvalue weighted by Crippen LogP contribution is 2.39. The van der Waals surface area contributed by atoms with Gasteiger partial charge in [0.05, 0.1) is 18.1 Å². The van der Waals surface area contributed by atoms with Gasteiger partial charge in [-0.05, 0) is 65.8 Å². The van der Waals surface area contributed by atoms with E-state index in [1.807, 2.05) is 18.2 Å². The van der Waals surface area contributed by atoms with Gasteiger partial charge in [0.15, 0.2) is 0 Å². The first-order valence-electron chi connectivity index (χ1n) is 16.1. The van der Waals surface area contributed by atoms with E-state index in [9.17, 15) is 21.6 Å². The fourth-order valence-corrected chi connectivity index (χ4v) is 8.19. The highest BCUT2D eigenvalue weighted by Gasteiger charge is 2.29. The first kappa shape index (κ1) is 39.3. The van der Waals surface area contributed by atoms with Gasteiger partial charge < -0.3 is 19.1 Å². The number of aliphatic hydroxyl groups excluding tert-OH is 1. The highest BCUT2D eigenvalue weighted by molar-refractivity contribution is 7.98. The molecule has 9 nitrogen and oxygen atoms in total. The molecule has 0 spiro atoms. The zero-order valence-electron chi connectivity index (χ0n) is 28.3. The molecule has 0 heterocycles. The van der Waals surface area contributed by atoms with E-state index in [2.05, 4.69) is 60.6 Å². The van der Waals surface area contributed by atoms with Crippen LogP contribution in [0.4, 0.5) is 3.89 Å². The largest absolute Gasteiger partial charge is 0.507 e. The quantitative estimate of drug-likeness (QED) is 0.0701. The Morgan fingerprint density at radius 2 is 1.40 bits per heavy atom. The lowest BCUT2D eigenvalue weighted by molar-refractivity contribution is -0.938. The summed E-state index contributed by atoms with van der Waals surface area (Å²) in [7, 11) is -6.55. The summed E-state index contributed by atoms with van der Waals surface area (Å²) in [6.07, 6.45) is 2.65. The van der Waals surface area contributed by atoms with Crippen LogP contribution in [0.3, 0.4) is 0 Å². The van der Waals surface area contributed by atoms with Crippen LogP contribution in [0.25, 0.3) is 0 Å². The molecule has 4 atom stereocenters. The van der Waals surface area contributed by atoms with E-state index in [1.165, 1.54) is 23.3 Å². The van der Waals surface area contributed by atoms with Crippen molar-refractivity contribution in [3.05, 3.63) is 113 Å². The number of aliphatic hydroxyl groups is 1. The van der Waals surface area contributed by atoms with Gasteiger partial charge in [-0.15, -0.1) is 0 Å². The topological polar surface area (TPSA) is 122 Å². The lowest BCUT2D eigenvalue weighted by atomic mass is 9.78. The highest BCUT2D eigenvalue weighted by atomic mass is 32.3. The molecule has 3 rings (SSSR count). The van der Waals surface area contributed by atoms with E-state index in [1.54, 1.807) is 26.4 Å². The van der Waals surface area contributed by atoms with Crippen LogP contribution in [0.2, 0.25) is 0 Å². The molecule has 0 saturated carbocycles. The van der Waals surface area contributed by atoms with Crippen molar-refractivity contribution in [3.8, 4) is 0 Å². The smallest absolute Gasteiger partial charge is 0.342 e. The fraction of sp³-hybridized carbons (Fsp3) is 0.444. The Labute approximate surface area is 286 Å². The van der Waals surface area contributed by atoms with Gasteiger partial charge in [0.2, 0.25) is 0 Å². The standard InChI is InChI=1S/C36H49FN2O7S2/c1-6-31(34-14-12-30(13-15-34)27-39(20-22-45-4,21-23-46-5)26-29(3)40)25-35(33-10-8-7-9-11-33)24-28(2)32-16-18-36(19-17-32)47(41,42)38-48(37,43)44/h7-19,28,31,35H,3,6,20-27H2,1-2,4-5H3,(H-,38,40,43,44)/p+1. The van der Waals surface area contributed by atoms with Gasteiger partial charge in [-0.3, -0.25) is 4.55 Å². The molecule has 3 aromatic carbocycles. The number of rotatable bonds is 20. The minimum absolute atomic E-state index is 0.0541. The summed E-state index contributed by atoms with van der Waals surface area (Å²) < 4.78 is 71.0. The summed E-state index contributed by atoms with van der Waals surface area (Å²) in [4.78, 5) is -0.346. The minimum Gasteiger partial charge on any atom is -0.507 e. The lowest BCUT2D eigenvalue weighted by Gasteiger charge is -2.38. The zero-order chi connectivity index (χ0) is 35.4. The summed E-state index contributed by atoms with van der Waals surface area (Å²) >= 11 is 0. The molecule has 3 aromatic rings. The van der Waals surface area contributed by atoms with Gasteiger partial charge in [-0.2, -0.15) is 12.6 Å². The van der Waals surface area contributed by atoms with Crippen LogP contribution in [-0.2, 0) is 36.4 Å². The lowest BCUT2D eigenvalue weighted by Crippen LogP contribution is -2.52. The predicted octanol–water partition coefficient (Wildman–Crippen LogP) is 7.74. The van der Waals surface area contributed by atoms with E-state index in [0.717, 1.165) is 30.4 Å². The number of quaternary nitrogens is 1. The molecule has 264 valence electrons. The summed E-state index contributed by atoms with van der Waals surface area (Å²) in [6.45, 7) is 11.7. The maximum Gasteiger partial charge on any atom is 0.342 e. The van der Waals surface area contributed by atoms with E-state index in [-0.39, 0.29) is 28.4 Å². The zero-order valence-corrected chi connectivity index (χ0v) is 30.0. The van der Waals surface area contributed by atoms with Crippen molar-refractivity contribution in [1.82, 2.24) is 0 Å². The molecular formula is C36H50FN2O7S2+. The second-order valence-corrected chi connectivity index (χ2v) is 15.4. The van der Waals surface area contributed by atoms with Crippen LogP contribution in [0, 0.1) is 0 Å². The average molecular weight is 706 g/mol. The number of sulfonamides is 1. The maximum absolute atomic E-state index is 13.1. The van der Waals surface area contributed by atoms with Crippen LogP contribution >= 0.6 is 0 Å². The summed E-state index contributed by atoms with van der Waals surface area (Å²) in [5.74, 6) is 0.687. The molecule has 0 fully saturated rings. The molecule has 48 heavy (non-hydrogen) atoms. The number of hydrogen-bond acceptors (Lipinski definition) is 6. The van der Waals surface area contributed by atoms with Crippen molar-refractivity contribution < 1.29 is 40.1 Å². The van der Waals surface area contributed by atoms with Crippen LogP contribution in [0.15, 0.2) is 99.9 Å². The fourth-order valence-electron chi connectivity index (χ4n) is 6.39. The monoisotopic (exact) mass is 705 g/mol. The van der Waals surface area contributed by atoms with Crippen molar-refractivity contribution >= 4 is 20.4 Å². The average Bonchev–Trinajstić information content (AvgIpc) is 3.04. The van der Waals surface area contributed by atoms with Crippen molar-refractivity contribution in [2.24, 2.45) is 3.77 Å². The van der Waals surface area contributed by atoms with Gasteiger partial charge in [0, 0.05) is 19.8 Å². The SMILES string of the molecule is C=C(O)C[N+](CCOC)(CCOC)Cc1ccc(C(CC)CC(CC(C)c2ccc(S(=O)(=O)N=S(=O)(O)F)cc2)c2ccccc2)cc1. The Balaban J connectivity index is 1.83. The first-order chi connectivity index (χ1) is 22.7. The Morgan fingerprint density at radius 1 is 0.854 bits per heavy atom. The normalized spacial score (nSPS) is 15.3. The van der Waals surface area contributed by atoms with Crippen molar-refractivity contribution in [2.45, 2.75) is 62.3 Å². The van der Waals surface area contributed by atoms with Crippen LogP contribution in [-0.4, -0.2) is 73.8 Å². The van der Waals surface area contributed by atoms with Crippen LogP contribution in [0.5, 0.6) is 0 Å². The molecular weight excluding hydrogens is 656 g/mol. The first-order valence-corrected chi connectivity index (χ1v) is 18.9. The third-order valence-corrected chi connectivity index (χ3v) is 11.3. The second-order valence-electron chi connectivity index (χ2n) is 12.5. The predicted molar refractivity (Wildman–Crippen MR) is 188 cm³/mol. The number of hydrogen-bond donors (Lipinski definition) is 2. The molecule has 0 saturated heterocycles. The van der Waals surface area contributed by atoms with E-state index >= 15 is 0 Å². The Bertz CT molecular complexity index is 1660. The van der Waals surface area contributed by atoms with Crippen molar-refractivity contribution in [2.75, 3.05) is 47.1 Å². The molecule has 0 aromatic heterocycles. The number of methoxy groups -OCH3 is 2. The Hall–Kier alpha value is -3.13. The maximum atomic E-state index is 13.1. The number of nitrogens with zero attached hydrogens (tertiary/aromatic N) is 2. The van der Waals surface area contributed by atoms with E-state index in [0.29, 0.717) is 43.9 Å². The summed E-state index contributed by atoms with van der Waals surface area (Å²) in [5.41, 5.74) is 4.52. The van der Waals surface area contributed by atoms with E-state index in [4.69, 9.17) is 14.0 Å².